The number of aryl methyl sites for hydroxylation is 2. The van der Waals surface area contributed by atoms with Crippen molar-refractivity contribution in [2.75, 3.05) is 7.05 Å². The molecule has 5 nitrogen and oxygen atoms in total. The molecule has 1 aliphatic rings. The molecule has 4 rings (SSSR count). The largest absolute Gasteiger partial charge is 0.337 e. The second-order valence-corrected chi connectivity index (χ2v) is 8.32. The smallest absolute Gasteiger partial charge is 0.264 e. The first-order valence-corrected chi connectivity index (χ1v) is 10.3. The summed E-state index contributed by atoms with van der Waals surface area (Å²) in [6.07, 6.45) is 3.91. The van der Waals surface area contributed by atoms with E-state index in [0.29, 0.717) is 33.7 Å². The van der Waals surface area contributed by atoms with Crippen LogP contribution < -0.4 is 5.56 Å². The average molecular weight is 399 g/mol. The number of hydrogen-bond donors (Lipinski definition) is 0. The van der Waals surface area contributed by atoms with E-state index >= 15 is 0 Å². The number of carbonyl (C=O) groups excluding carboxylic acids is 1. The fraction of sp³-hybridized carbons (Fsp3) is 0.381. The Hall–Kier alpha value is -2.54. The van der Waals surface area contributed by atoms with E-state index in [1.54, 1.807) is 28.6 Å². The van der Waals surface area contributed by atoms with Crippen molar-refractivity contribution in [3.8, 4) is 0 Å². The highest BCUT2D eigenvalue weighted by atomic mass is 32.1. The van der Waals surface area contributed by atoms with Crippen LogP contribution in [0.1, 0.15) is 45.9 Å². The van der Waals surface area contributed by atoms with Gasteiger partial charge in [-0.15, -0.1) is 11.3 Å². The summed E-state index contributed by atoms with van der Waals surface area (Å²) in [5, 5.41) is 0.554. The molecule has 0 bridgehead atoms. The van der Waals surface area contributed by atoms with Crippen LogP contribution in [0, 0.1) is 12.7 Å². The molecule has 0 fully saturated rings. The maximum atomic E-state index is 13.4. The Bertz CT molecular complexity index is 1120. The van der Waals surface area contributed by atoms with Gasteiger partial charge in [-0.2, -0.15) is 0 Å². The number of carbonyl (C=O) groups is 1. The van der Waals surface area contributed by atoms with Crippen LogP contribution >= 0.6 is 11.3 Å². The van der Waals surface area contributed by atoms with Crippen LogP contribution in [0.5, 0.6) is 0 Å². The predicted molar refractivity (Wildman–Crippen MR) is 108 cm³/mol. The molecule has 28 heavy (non-hydrogen) atoms. The molecule has 3 aromatic rings. The van der Waals surface area contributed by atoms with Crippen LogP contribution in [-0.4, -0.2) is 27.4 Å². The van der Waals surface area contributed by atoms with E-state index in [-0.39, 0.29) is 17.3 Å². The Morgan fingerprint density at radius 1 is 1.32 bits per heavy atom. The summed E-state index contributed by atoms with van der Waals surface area (Å²) in [6.45, 7) is 2.80. The number of rotatable bonds is 3. The van der Waals surface area contributed by atoms with Crippen molar-refractivity contribution < 1.29 is 9.18 Å². The minimum absolute atomic E-state index is 0.0394. The molecular formula is C21H22FN3O2S. The van der Waals surface area contributed by atoms with Gasteiger partial charge in [-0.05, 0) is 43.0 Å². The van der Waals surface area contributed by atoms with Gasteiger partial charge in [0.15, 0.2) is 0 Å². The number of thiophene rings is 1. The summed E-state index contributed by atoms with van der Waals surface area (Å²) in [4.78, 5) is 33.5. The fourth-order valence-electron chi connectivity index (χ4n) is 3.77. The first-order valence-electron chi connectivity index (χ1n) is 9.48. The molecule has 1 aliphatic heterocycles. The Kier molecular flexibility index (Phi) is 5.02. The van der Waals surface area contributed by atoms with E-state index in [4.69, 9.17) is 4.98 Å². The van der Waals surface area contributed by atoms with Crippen LogP contribution in [-0.2, 0) is 19.5 Å². The summed E-state index contributed by atoms with van der Waals surface area (Å²) >= 11 is 1.28. The van der Waals surface area contributed by atoms with Crippen LogP contribution in [0.15, 0.2) is 29.1 Å². The highest BCUT2D eigenvalue weighted by molar-refractivity contribution is 7.20. The lowest BCUT2D eigenvalue weighted by Crippen LogP contribution is -2.26. The van der Waals surface area contributed by atoms with Crippen LogP contribution in [0.2, 0.25) is 0 Å². The topological polar surface area (TPSA) is 55.2 Å². The lowest BCUT2D eigenvalue weighted by molar-refractivity contribution is 0.0789. The van der Waals surface area contributed by atoms with E-state index in [9.17, 15) is 14.0 Å². The van der Waals surface area contributed by atoms with Crippen molar-refractivity contribution in [2.45, 2.75) is 45.7 Å². The van der Waals surface area contributed by atoms with Crippen molar-refractivity contribution in [1.29, 1.82) is 0 Å². The zero-order valence-corrected chi connectivity index (χ0v) is 16.8. The number of amides is 1. The maximum Gasteiger partial charge on any atom is 0.264 e. The van der Waals surface area contributed by atoms with Crippen LogP contribution in [0.25, 0.3) is 10.2 Å². The molecule has 0 N–H and O–H groups in total. The van der Waals surface area contributed by atoms with Gasteiger partial charge >= 0.3 is 0 Å². The SMILES string of the molecule is Cc1c(C(=O)N(C)Cc2cccc(F)c2)sc2nc3n(c(=O)c12)CCCCC3. The summed E-state index contributed by atoms with van der Waals surface area (Å²) in [7, 11) is 1.69. The van der Waals surface area contributed by atoms with Gasteiger partial charge in [0, 0.05) is 26.6 Å². The molecule has 3 heterocycles. The predicted octanol–water partition coefficient (Wildman–Crippen LogP) is 3.90. The van der Waals surface area contributed by atoms with Crippen molar-refractivity contribution in [1.82, 2.24) is 14.5 Å². The third-order valence-corrected chi connectivity index (χ3v) is 6.43. The average Bonchev–Trinajstić information content (AvgIpc) is 2.83. The Morgan fingerprint density at radius 2 is 2.14 bits per heavy atom. The van der Waals surface area contributed by atoms with E-state index < -0.39 is 0 Å². The van der Waals surface area contributed by atoms with Gasteiger partial charge in [0.25, 0.3) is 11.5 Å². The van der Waals surface area contributed by atoms with Crippen LogP contribution in [0.3, 0.4) is 0 Å². The van der Waals surface area contributed by atoms with Gasteiger partial charge in [-0.25, -0.2) is 9.37 Å². The standard InChI is InChI=1S/C21H22FN3O2S/c1-13-17-19(23-16-9-4-3-5-10-25(16)20(17)26)28-18(13)21(27)24(2)12-14-7-6-8-15(22)11-14/h6-8,11H,3-5,9-10,12H2,1-2H3. The Morgan fingerprint density at radius 3 is 2.93 bits per heavy atom. The maximum absolute atomic E-state index is 13.4. The van der Waals surface area contributed by atoms with Crippen molar-refractivity contribution >= 4 is 27.5 Å². The van der Waals surface area contributed by atoms with Gasteiger partial charge in [0.2, 0.25) is 0 Å². The lowest BCUT2D eigenvalue weighted by atomic mass is 10.1. The van der Waals surface area contributed by atoms with Gasteiger partial charge < -0.3 is 4.90 Å². The number of aromatic nitrogens is 2. The molecule has 0 spiro atoms. The molecule has 0 radical (unpaired) electrons. The summed E-state index contributed by atoms with van der Waals surface area (Å²) in [5.41, 5.74) is 1.37. The molecule has 2 aromatic heterocycles. The second-order valence-electron chi connectivity index (χ2n) is 7.32. The molecule has 1 aromatic carbocycles. The van der Waals surface area contributed by atoms with E-state index in [2.05, 4.69) is 0 Å². The highest BCUT2D eigenvalue weighted by Gasteiger charge is 2.24. The van der Waals surface area contributed by atoms with E-state index in [0.717, 1.165) is 37.1 Å². The van der Waals surface area contributed by atoms with Gasteiger partial charge in [0.05, 0.1) is 10.3 Å². The van der Waals surface area contributed by atoms with Gasteiger partial charge in [-0.1, -0.05) is 18.6 Å². The van der Waals surface area contributed by atoms with E-state index in [1.165, 1.54) is 23.5 Å². The van der Waals surface area contributed by atoms with Gasteiger partial charge in [-0.3, -0.25) is 14.2 Å². The summed E-state index contributed by atoms with van der Waals surface area (Å²) < 4.78 is 15.2. The summed E-state index contributed by atoms with van der Waals surface area (Å²) in [5.74, 6) is 0.322. The first kappa shape index (κ1) is 18.8. The third-order valence-electron chi connectivity index (χ3n) is 5.26. The second kappa shape index (κ2) is 7.47. The number of nitrogens with zero attached hydrogens (tertiary/aromatic N) is 3. The van der Waals surface area contributed by atoms with Crippen molar-refractivity contribution in [3.05, 3.63) is 62.3 Å². The monoisotopic (exact) mass is 399 g/mol. The first-order chi connectivity index (χ1) is 13.5. The third kappa shape index (κ3) is 3.35. The molecule has 0 atom stereocenters. The number of hydrogen-bond acceptors (Lipinski definition) is 4. The number of fused-ring (bicyclic) bond motifs is 2. The van der Waals surface area contributed by atoms with Gasteiger partial charge in [0.1, 0.15) is 16.5 Å². The molecule has 1 amide bonds. The molecular weight excluding hydrogens is 377 g/mol. The zero-order valence-electron chi connectivity index (χ0n) is 16.0. The van der Waals surface area contributed by atoms with Crippen molar-refractivity contribution in [2.24, 2.45) is 0 Å². The molecule has 0 aliphatic carbocycles. The van der Waals surface area contributed by atoms with Crippen molar-refractivity contribution in [3.63, 3.8) is 0 Å². The number of benzene rings is 1. The highest BCUT2D eigenvalue weighted by Crippen LogP contribution is 2.29. The molecule has 0 unspecified atom stereocenters. The lowest BCUT2D eigenvalue weighted by Gasteiger charge is -2.17. The normalized spacial score (nSPS) is 14.0. The molecule has 0 saturated heterocycles. The Labute approximate surface area is 166 Å². The molecule has 146 valence electrons. The minimum atomic E-state index is -0.324. The minimum Gasteiger partial charge on any atom is -0.337 e. The number of halogens is 1. The Balaban J connectivity index is 1.70. The van der Waals surface area contributed by atoms with Crippen LogP contribution in [0.4, 0.5) is 4.39 Å². The molecule has 0 saturated carbocycles. The molecule has 7 heteroatoms. The quantitative estimate of drug-likeness (QED) is 0.671. The van der Waals surface area contributed by atoms with E-state index in [1.807, 2.05) is 6.92 Å². The summed E-state index contributed by atoms with van der Waals surface area (Å²) in [6, 6.07) is 6.22. The fourth-order valence-corrected chi connectivity index (χ4v) is 4.95. The zero-order chi connectivity index (χ0) is 19.8.